The highest BCUT2D eigenvalue weighted by Gasteiger charge is 2.14. The van der Waals surface area contributed by atoms with Gasteiger partial charge in [0.15, 0.2) is 0 Å². The average Bonchev–Trinajstić information content (AvgIpc) is 2.67. The minimum atomic E-state index is -0.471. The van der Waals surface area contributed by atoms with E-state index in [2.05, 4.69) is 5.32 Å². The number of halogens is 2. The summed E-state index contributed by atoms with van der Waals surface area (Å²) in [6.07, 6.45) is 7.94. The molecule has 1 fully saturated rings. The zero-order valence-electron chi connectivity index (χ0n) is 16.5. The summed E-state index contributed by atoms with van der Waals surface area (Å²) < 4.78 is 15.0. The lowest BCUT2D eigenvalue weighted by Crippen LogP contribution is -2.19. The van der Waals surface area contributed by atoms with Gasteiger partial charge in [-0.05, 0) is 49.1 Å². The number of carbonyl (C=O) groups is 1. The minimum Gasteiger partial charge on any atom is -0.366 e. The van der Waals surface area contributed by atoms with Gasteiger partial charge in [0.1, 0.15) is 5.82 Å². The second-order valence-corrected chi connectivity index (χ2v) is 7.64. The van der Waals surface area contributed by atoms with E-state index in [1.807, 2.05) is 19.1 Å². The normalized spacial score (nSPS) is 14.5. The van der Waals surface area contributed by atoms with Crippen molar-refractivity contribution in [1.82, 2.24) is 5.32 Å². The van der Waals surface area contributed by atoms with Gasteiger partial charge >= 0.3 is 0 Å². The maximum atomic E-state index is 15.0. The van der Waals surface area contributed by atoms with Crippen LogP contribution in [0.25, 0.3) is 11.1 Å². The van der Waals surface area contributed by atoms with Crippen LogP contribution in [0.5, 0.6) is 0 Å². The number of aryl methyl sites for hydroxylation is 1. The highest BCUT2D eigenvalue weighted by atomic mass is 35.5. The van der Waals surface area contributed by atoms with E-state index in [4.69, 9.17) is 5.73 Å². The molecule has 0 heterocycles. The summed E-state index contributed by atoms with van der Waals surface area (Å²) >= 11 is 0. The molecule has 28 heavy (non-hydrogen) atoms. The molecule has 0 saturated heterocycles. The van der Waals surface area contributed by atoms with Crippen LogP contribution in [0, 0.1) is 18.7 Å². The Morgan fingerprint density at radius 1 is 1.14 bits per heavy atom. The second kappa shape index (κ2) is 10.6. The zero-order valence-corrected chi connectivity index (χ0v) is 17.3. The van der Waals surface area contributed by atoms with Crippen molar-refractivity contribution in [2.45, 2.75) is 52.0 Å². The third-order valence-electron chi connectivity index (χ3n) is 5.65. The molecule has 0 spiro atoms. The van der Waals surface area contributed by atoms with E-state index in [-0.39, 0.29) is 18.2 Å². The molecule has 1 amide bonds. The largest absolute Gasteiger partial charge is 0.366 e. The molecule has 3 nitrogen and oxygen atoms in total. The summed E-state index contributed by atoms with van der Waals surface area (Å²) in [5, 5.41) is 3.41. The van der Waals surface area contributed by atoms with Gasteiger partial charge in [-0.3, -0.25) is 4.79 Å². The van der Waals surface area contributed by atoms with E-state index in [1.54, 1.807) is 24.3 Å². The molecule has 152 valence electrons. The van der Waals surface area contributed by atoms with Crippen molar-refractivity contribution in [3.63, 3.8) is 0 Å². The first-order chi connectivity index (χ1) is 13.1. The molecular weight excluding hydrogens is 375 g/mol. The van der Waals surface area contributed by atoms with E-state index >= 15 is 4.39 Å². The molecule has 1 aliphatic carbocycles. The summed E-state index contributed by atoms with van der Waals surface area (Å²) in [5.41, 5.74) is 8.64. The number of rotatable bonds is 7. The zero-order chi connectivity index (χ0) is 19.2. The first-order valence-corrected chi connectivity index (χ1v) is 9.95. The van der Waals surface area contributed by atoms with Crippen LogP contribution < -0.4 is 11.1 Å². The lowest BCUT2D eigenvalue weighted by atomic mass is 9.87. The highest BCUT2D eigenvalue weighted by Crippen LogP contribution is 2.29. The standard InChI is InChI=1S/C23H29FN2O.ClH/c1-16-14-18(23(25)27)10-11-20(16)21-9-5-8-19(22(21)24)15-26-13-12-17-6-3-2-4-7-17;/h5,8-11,14,17,26H,2-4,6-7,12-13,15H2,1H3,(H2,25,27);1H. The molecule has 1 aliphatic rings. The van der Waals surface area contributed by atoms with Crippen LogP contribution in [0.15, 0.2) is 36.4 Å². The first-order valence-electron chi connectivity index (χ1n) is 9.95. The highest BCUT2D eigenvalue weighted by molar-refractivity contribution is 5.93. The fraction of sp³-hybridized carbons (Fsp3) is 0.435. The second-order valence-electron chi connectivity index (χ2n) is 7.64. The van der Waals surface area contributed by atoms with E-state index in [1.165, 1.54) is 38.5 Å². The van der Waals surface area contributed by atoms with Crippen molar-refractivity contribution in [3.05, 3.63) is 58.9 Å². The lowest BCUT2D eigenvalue weighted by Gasteiger charge is -2.21. The van der Waals surface area contributed by atoms with Crippen molar-refractivity contribution in [3.8, 4) is 11.1 Å². The molecule has 0 unspecified atom stereocenters. The van der Waals surface area contributed by atoms with Gasteiger partial charge in [0, 0.05) is 23.2 Å². The van der Waals surface area contributed by atoms with Crippen LogP contribution in [0.3, 0.4) is 0 Å². The third kappa shape index (κ3) is 5.55. The molecule has 1 saturated carbocycles. The van der Waals surface area contributed by atoms with Gasteiger partial charge in [-0.25, -0.2) is 4.39 Å². The van der Waals surface area contributed by atoms with Crippen molar-refractivity contribution in [2.75, 3.05) is 6.54 Å². The molecule has 5 heteroatoms. The van der Waals surface area contributed by atoms with Crippen LogP contribution in [0.4, 0.5) is 4.39 Å². The van der Waals surface area contributed by atoms with Crippen LogP contribution in [-0.2, 0) is 6.54 Å². The molecule has 0 atom stereocenters. The summed E-state index contributed by atoms with van der Waals surface area (Å²) in [5.74, 6) is 0.160. The Balaban J connectivity index is 0.00000280. The van der Waals surface area contributed by atoms with E-state index in [9.17, 15) is 4.79 Å². The molecule has 2 aromatic rings. The Kier molecular flexibility index (Phi) is 8.46. The van der Waals surface area contributed by atoms with Crippen LogP contribution in [0.2, 0.25) is 0 Å². The molecule has 0 radical (unpaired) electrons. The van der Waals surface area contributed by atoms with Gasteiger partial charge in [-0.2, -0.15) is 0 Å². The quantitative estimate of drug-likeness (QED) is 0.608. The lowest BCUT2D eigenvalue weighted by molar-refractivity contribution is 0.1000. The number of hydrogen-bond donors (Lipinski definition) is 2. The number of nitrogens with one attached hydrogen (secondary N) is 1. The van der Waals surface area contributed by atoms with E-state index in [0.717, 1.165) is 23.6 Å². The summed E-state index contributed by atoms with van der Waals surface area (Å²) in [7, 11) is 0. The predicted molar refractivity (Wildman–Crippen MR) is 115 cm³/mol. The van der Waals surface area contributed by atoms with Crippen LogP contribution >= 0.6 is 12.4 Å². The fourth-order valence-corrected chi connectivity index (χ4v) is 4.05. The van der Waals surface area contributed by atoms with Crippen molar-refractivity contribution < 1.29 is 9.18 Å². The van der Waals surface area contributed by atoms with Gasteiger partial charge in [-0.15, -0.1) is 12.4 Å². The van der Waals surface area contributed by atoms with Gasteiger partial charge in [0.2, 0.25) is 5.91 Å². The summed E-state index contributed by atoms with van der Waals surface area (Å²) in [6, 6.07) is 10.6. The fourth-order valence-electron chi connectivity index (χ4n) is 4.05. The molecule has 2 aromatic carbocycles. The Morgan fingerprint density at radius 3 is 2.57 bits per heavy atom. The third-order valence-corrected chi connectivity index (χ3v) is 5.65. The Hall–Kier alpha value is -1.91. The molecule has 3 rings (SSSR count). The SMILES string of the molecule is Cc1cc(C(N)=O)ccc1-c1cccc(CNCCC2CCCCC2)c1F.Cl. The van der Waals surface area contributed by atoms with Gasteiger partial charge < -0.3 is 11.1 Å². The Morgan fingerprint density at radius 2 is 1.89 bits per heavy atom. The summed E-state index contributed by atoms with van der Waals surface area (Å²) in [6.45, 7) is 3.34. The maximum absolute atomic E-state index is 15.0. The predicted octanol–water partition coefficient (Wildman–Crippen LogP) is 5.38. The topological polar surface area (TPSA) is 55.1 Å². The monoisotopic (exact) mass is 404 g/mol. The number of benzene rings is 2. The summed E-state index contributed by atoms with van der Waals surface area (Å²) in [4.78, 5) is 11.3. The first kappa shape index (κ1) is 22.4. The maximum Gasteiger partial charge on any atom is 0.248 e. The molecule has 0 aromatic heterocycles. The Labute approximate surface area is 173 Å². The molecule has 3 N–H and O–H groups in total. The van der Waals surface area contributed by atoms with Gasteiger partial charge in [0.05, 0.1) is 0 Å². The minimum absolute atomic E-state index is 0. The number of carbonyl (C=O) groups excluding carboxylic acids is 1. The molecule has 0 bridgehead atoms. The van der Waals surface area contributed by atoms with Crippen molar-refractivity contribution >= 4 is 18.3 Å². The average molecular weight is 405 g/mol. The van der Waals surface area contributed by atoms with E-state index in [0.29, 0.717) is 23.2 Å². The van der Waals surface area contributed by atoms with E-state index < -0.39 is 5.91 Å². The Bertz CT molecular complexity index is 803. The van der Waals surface area contributed by atoms with Gasteiger partial charge in [-0.1, -0.05) is 56.4 Å². The number of primary amides is 1. The number of hydrogen-bond acceptors (Lipinski definition) is 2. The number of amides is 1. The number of nitrogens with two attached hydrogens (primary N) is 1. The van der Waals surface area contributed by atoms with Crippen molar-refractivity contribution in [1.29, 1.82) is 0 Å². The smallest absolute Gasteiger partial charge is 0.248 e. The van der Waals surface area contributed by atoms with Gasteiger partial charge in [0.25, 0.3) is 0 Å². The van der Waals surface area contributed by atoms with Crippen LogP contribution in [-0.4, -0.2) is 12.5 Å². The van der Waals surface area contributed by atoms with Crippen molar-refractivity contribution in [2.24, 2.45) is 11.7 Å². The molecular formula is C23H30ClFN2O. The van der Waals surface area contributed by atoms with Crippen LogP contribution in [0.1, 0.15) is 60.0 Å². The molecule has 0 aliphatic heterocycles.